The average molecular weight is 430 g/mol. The van der Waals surface area contributed by atoms with Gasteiger partial charge in [0.15, 0.2) is 0 Å². The SMILES string of the molecule is c1cc(CN2CCOCC2)cc(-c2cccc(-c3cn([C@H]4CN5CCC4CC5)nn3)c2)c1. The number of morpholine rings is 1. The van der Waals surface area contributed by atoms with Crippen molar-refractivity contribution in [1.29, 1.82) is 0 Å². The third kappa shape index (κ3) is 4.10. The molecule has 5 heterocycles. The smallest absolute Gasteiger partial charge is 0.113 e. The van der Waals surface area contributed by atoms with Crippen molar-refractivity contribution >= 4 is 0 Å². The minimum absolute atomic E-state index is 0.471. The standard InChI is InChI=1S/C26H31N5O/c1-3-20(17-30-11-13-32-14-12-30)15-22(4-1)23-5-2-6-24(16-23)25-18-31(28-27-25)26-19-29-9-7-21(26)8-10-29/h1-6,15-16,18,21,26H,7-14,17,19H2/t26-/m0/s1. The van der Waals surface area contributed by atoms with E-state index in [0.717, 1.165) is 56.6 Å². The van der Waals surface area contributed by atoms with Gasteiger partial charge in [0.05, 0.1) is 25.5 Å². The van der Waals surface area contributed by atoms with Gasteiger partial charge >= 0.3 is 0 Å². The van der Waals surface area contributed by atoms with Crippen molar-refractivity contribution in [3.05, 3.63) is 60.3 Å². The summed E-state index contributed by atoms with van der Waals surface area (Å²) in [6.07, 6.45) is 4.73. The summed E-state index contributed by atoms with van der Waals surface area (Å²) < 4.78 is 7.61. The van der Waals surface area contributed by atoms with Crippen LogP contribution >= 0.6 is 0 Å². The van der Waals surface area contributed by atoms with Crippen LogP contribution in [-0.2, 0) is 11.3 Å². The molecule has 2 bridgehead atoms. The highest BCUT2D eigenvalue weighted by molar-refractivity contribution is 5.71. The third-order valence-corrected chi connectivity index (χ3v) is 7.40. The normalized spacial score (nSPS) is 25.8. The number of benzene rings is 2. The molecular formula is C26H31N5O. The van der Waals surface area contributed by atoms with Gasteiger partial charge in [-0.2, -0.15) is 0 Å². The summed E-state index contributed by atoms with van der Waals surface area (Å²) in [5.41, 5.74) is 5.93. The fraction of sp³-hybridized carbons (Fsp3) is 0.462. The lowest BCUT2D eigenvalue weighted by Gasteiger charge is -2.44. The van der Waals surface area contributed by atoms with E-state index in [0.29, 0.717) is 6.04 Å². The monoisotopic (exact) mass is 429 g/mol. The Morgan fingerprint density at radius 3 is 2.41 bits per heavy atom. The quantitative estimate of drug-likeness (QED) is 0.619. The van der Waals surface area contributed by atoms with Crippen LogP contribution in [0.1, 0.15) is 24.4 Å². The lowest BCUT2D eigenvalue weighted by atomic mass is 9.84. The van der Waals surface area contributed by atoms with Gasteiger partial charge in [-0.15, -0.1) is 5.10 Å². The largest absolute Gasteiger partial charge is 0.379 e. The van der Waals surface area contributed by atoms with Gasteiger partial charge in [0.25, 0.3) is 0 Å². The molecule has 4 saturated heterocycles. The van der Waals surface area contributed by atoms with Gasteiger partial charge in [0, 0.05) is 31.7 Å². The number of aromatic nitrogens is 3. The maximum Gasteiger partial charge on any atom is 0.113 e. The van der Waals surface area contributed by atoms with Crippen molar-refractivity contribution < 1.29 is 4.74 Å². The average Bonchev–Trinajstić information content (AvgIpc) is 3.36. The Morgan fingerprint density at radius 2 is 1.62 bits per heavy atom. The summed E-state index contributed by atoms with van der Waals surface area (Å²) in [4.78, 5) is 5.03. The molecule has 1 aromatic heterocycles. The third-order valence-electron chi connectivity index (χ3n) is 7.40. The van der Waals surface area contributed by atoms with Crippen molar-refractivity contribution in [2.24, 2.45) is 5.92 Å². The zero-order valence-corrected chi connectivity index (χ0v) is 18.6. The summed E-state index contributed by atoms with van der Waals surface area (Å²) in [5.74, 6) is 0.745. The first-order chi connectivity index (χ1) is 15.8. The van der Waals surface area contributed by atoms with Crippen molar-refractivity contribution in [2.75, 3.05) is 45.9 Å². The van der Waals surface area contributed by atoms with E-state index in [1.807, 2.05) is 0 Å². The van der Waals surface area contributed by atoms with E-state index in [1.54, 1.807) is 0 Å². The highest BCUT2D eigenvalue weighted by Gasteiger charge is 2.35. The topological polar surface area (TPSA) is 46.4 Å². The van der Waals surface area contributed by atoms with Crippen LogP contribution in [0, 0.1) is 5.92 Å². The molecule has 4 fully saturated rings. The fourth-order valence-corrected chi connectivity index (χ4v) is 5.53. The Kier molecular flexibility index (Phi) is 5.51. The molecule has 6 heteroatoms. The molecule has 4 aliphatic heterocycles. The van der Waals surface area contributed by atoms with Crippen LogP contribution in [0.15, 0.2) is 54.7 Å². The first kappa shape index (κ1) is 20.1. The Hall–Kier alpha value is -2.54. The predicted octanol–water partition coefficient (Wildman–Crippen LogP) is 3.71. The molecule has 0 unspecified atom stereocenters. The summed E-state index contributed by atoms with van der Waals surface area (Å²) in [6.45, 7) is 8.27. The molecule has 0 spiro atoms. The number of hydrogen-bond donors (Lipinski definition) is 0. The molecular weight excluding hydrogens is 398 g/mol. The Morgan fingerprint density at radius 1 is 0.875 bits per heavy atom. The van der Waals surface area contributed by atoms with Gasteiger partial charge in [-0.3, -0.25) is 4.90 Å². The first-order valence-electron chi connectivity index (χ1n) is 12.0. The maximum atomic E-state index is 5.48. The van der Waals surface area contributed by atoms with E-state index in [9.17, 15) is 0 Å². The Balaban J connectivity index is 1.22. The minimum atomic E-state index is 0.471. The second-order valence-electron chi connectivity index (χ2n) is 9.46. The number of rotatable bonds is 5. The highest BCUT2D eigenvalue weighted by atomic mass is 16.5. The molecule has 4 aliphatic rings. The zero-order chi connectivity index (χ0) is 21.3. The second kappa shape index (κ2) is 8.77. The zero-order valence-electron chi connectivity index (χ0n) is 18.6. The lowest BCUT2D eigenvalue weighted by Crippen LogP contribution is -2.48. The van der Waals surface area contributed by atoms with E-state index in [2.05, 4.69) is 79.5 Å². The fourth-order valence-electron chi connectivity index (χ4n) is 5.53. The molecule has 2 aromatic carbocycles. The van der Waals surface area contributed by atoms with Crippen molar-refractivity contribution in [2.45, 2.75) is 25.4 Å². The van der Waals surface area contributed by atoms with E-state index in [1.165, 1.54) is 42.6 Å². The predicted molar refractivity (Wildman–Crippen MR) is 125 cm³/mol. The van der Waals surface area contributed by atoms with E-state index in [4.69, 9.17) is 4.74 Å². The summed E-state index contributed by atoms with van der Waals surface area (Å²) in [7, 11) is 0. The van der Waals surface area contributed by atoms with E-state index >= 15 is 0 Å². The van der Waals surface area contributed by atoms with Crippen molar-refractivity contribution in [1.82, 2.24) is 24.8 Å². The Labute approximate surface area is 189 Å². The van der Waals surface area contributed by atoms with Crippen molar-refractivity contribution in [3.63, 3.8) is 0 Å². The molecule has 166 valence electrons. The lowest BCUT2D eigenvalue weighted by molar-refractivity contribution is 0.0342. The molecule has 32 heavy (non-hydrogen) atoms. The van der Waals surface area contributed by atoms with Gasteiger partial charge < -0.3 is 9.64 Å². The summed E-state index contributed by atoms with van der Waals surface area (Å²) in [6, 6.07) is 18.1. The number of piperidine rings is 3. The van der Waals surface area contributed by atoms with Crippen LogP contribution in [0.3, 0.4) is 0 Å². The molecule has 7 rings (SSSR count). The summed E-state index contributed by atoms with van der Waals surface area (Å²) >= 11 is 0. The molecule has 0 radical (unpaired) electrons. The molecule has 1 atom stereocenters. The van der Waals surface area contributed by atoms with Crippen LogP contribution in [0.2, 0.25) is 0 Å². The van der Waals surface area contributed by atoms with Crippen LogP contribution in [-0.4, -0.2) is 70.7 Å². The van der Waals surface area contributed by atoms with Crippen LogP contribution in [0.4, 0.5) is 0 Å². The number of nitrogens with zero attached hydrogens (tertiary/aromatic N) is 5. The van der Waals surface area contributed by atoms with Gasteiger partial charge in [0.1, 0.15) is 5.69 Å². The maximum absolute atomic E-state index is 5.48. The van der Waals surface area contributed by atoms with Crippen LogP contribution in [0.5, 0.6) is 0 Å². The molecule has 0 N–H and O–H groups in total. The summed E-state index contributed by atoms with van der Waals surface area (Å²) in [5, 5.41) is 9.09. The molecule has 0 amide bonds. The molecule has 0 aliphatic carbocycles. The van der Waals surface area contributed by atoms with Gasteiger partial charge in [-0.1, -0.05) is 41.6 Å². The van der Waals surface area contributed by atoms with Gasteiger partial charge in [0.2, 0.25) is 0 Å². The number of hydrogen-bond acceptors (Lipinski definition) is 5. The second-order valence-corrected chi connectivity index (χ2v) is 9.46. The van der Waals surface area contributed by atoms with Gasteiger partial charge in [-0.05, 0) is 60.7 Å². The molecule has 3 aromatic rings. The molecule has 6 nitrogen and oxygen atoms in total. The highest BCUT2D eigenvalue weighted by Crippen LogP contribution is 2.36. The van der Waals surface area contributed by atoms with Crippen molar-refractivity contribution in [3.8, 4) is 22.4 Å². The number of ether oxygens (including phenoxy) is 1. The van der Waals surface area contributed by atoms with Gasteiger partial charge in [-0.25, -0.2) is 4.68 Å². The molecule has 0 saturated carbocycles. The number of fused-ring (bicyclic) bond motifs is 3. The first-order valence-corrected chi connectivity index (χ1v) is 12.0. The van der Waals surface area contributed by atoms with Crippen LogP contribution < -0.4 is 0 Å². The van der Waals surface area contributed by atoms with E-state index in [-0.39, 0.29) is 0 Å². The Bertz CT molecular complexity index is 1070. The minimum Gasteiger partial charge on any atom is -0.379 e. The van der Waals surface area contributed by atoms with E-state index < -0.39 is 0 Å². The van der Waals surface area contributed by atoms with Crippen LogP contribution in [0.25, 0.3) is 22.4 Å².